The molecule has 6 heteroatoms. The first-order chi connectivity index (χ1) is 15.7. The van der Waals surface area contributed by atoms with Crippen molar-refractivity contribution in [3.8, 4) is 28.7 Å². The van der Waals surface area contributed by atoms with Crippen LogP contribution in [0.15, 0.2) is 41.5 Å². The molecule has 176 valence electrons. The number of carbonyl (C=O) groups is 1. The van der Waals surface area contributed by atoms with E-state index in [4.69, 9.17) is 14.2 Å². The van der Waals surface area contributed by atoms with Crippen LogP contribution in [0.25, 0.3) is 0 Å². The second kappa shape index (κ2) is 10.0. The number of ketones is 1. The fourth-order valence-electron chi connectivity index (χ4n) is 4.06. The Kier molecular flexibility index (Phi) is 7.36. The van der Waals surface area contributed by atoms with Crippen LogP contribution >= 0.6 is 0 Å². The van der Waals surface area contributed by atoms with Crippen LogP contribution in [-0.2, 0) is 12.8 Å². The largest absolute Gasteiger partial charge is 0.508 e. The molecule has 2 N–H and O–H groups in total. The monoisotopic (exact) mass is 452 g/mol. The highest BCUT2D eigenvalue weighted by Gasteiger charge is 2.33. The third-order valence-corrected chi connectivity index (χ3v) is 5.63. The van der Waals surface area contributed by atoms with Crippen LogP contribution < -0.4 is 14.2 Å². The lowest BCUT2D eigenvalue weighted by molar-refractivity contribution is 0.0843. The summed E-state index contributed by atoms with van der Waals surface area (Å²) in [6.45, 7) is 8.11. The van der Waals surface area contributed by atoms with Crippen LogP contribution in [0.2, 0.25) is 0 Å². The Morgan fingerprint density at radius 2 is 1.64 bits per heavy atom. The minimum Gasteiger partial charge on any atom is -0.508 e. The standard InChI is InChI=1S/C27H32O6/c1-15(2)7-9-17-11-20(19(10-8-16(3)4)27(32-6)26(17)31-5)23-14-22(30)25-21(29)12-18(28)13-24(25)33-23/h7-8,11-13,23,28-29H,9-10,14H2,1-6H3. The molecule has 0 amide bonds. The van der Waals surface area contributed by atoms with Crippen LogP contribution in [0.4, 0.5) is 0 Å². The van der Waals surface area contributed by atoms with Crippen LogP contribution in [0.1, 0.15) is 67.3 Å². The number of hydrogen-bond donors (Lipinski definition) is 2. The molecule has 1 aliphatic rings. The molecule has 0 fully saturated rings. The van der Waals surface area contributed by atoms with Gasteiger partial charge in [0.15, 0.2) is 17.3 Å². The van der Waals surface area contributed by atoms with E-state index in [1.165, 1.54) is 11.6 Å². The fraction of sp³-hybridized carbons (Fsp3) is 0.370. The summed E-state index contributed by atoms with van der Waals surface area (Å²) in [7, 11) is 3.23. The number of allylic oxidation sites excluding steroid dienone is 4. The van der Waals surface area contributed by atoms with Gasteiger partial charge in [-0.1, -0.05) is 23.3 Å². The number of aromatic hydroxyl groups is 2. The second-order valence-corrected chi connectivity index (χ2v) is 8.71. The molecule has 1 unspecified atom stereocenters. The van der Waals surface area contributed by atoms with E-state index in [-0.39, 0.29) is 35.0 Å². The molecule has 0 radical (unpaired) electrons. The number of phenolic OH excluding ortho intramolecular Hbond substituents is 2. The third-order valence-electron chi connectivity index (χ3n) is 5.63. The molecule has 33 heavy (non-hydrogen) atoms. The van der Waals surface area contributed by atoms with E-state index >= 15 is 0 Å². The Hall–Kier alpha value is -3.41. The molecule has 2 aromatic carbocycles. The van der Waals surface area contributed by atoms with E-state index in [2.05, 4.69) is 12.2 Å². The average molecular weight is 453 g/mol. The van der Waals surface area contributed by atoms with Crippen LogP contribution in [0.5, 0.6) is 28.7 Å². The van der Waals surface area contributed by atoms with Crippen molar-refractivity contribution in [2.24, 2.45) is 0 Å². The topological polar surface area (TPSA) is 85.2 Å². The lowest BCUT2D eigenvalue weighted by Crippen LogP contribution is -2.22. The zero-order chi connectivity index (χ0) is 24.3. The summed E-state index contributed by atoms with van der Waals surface area (Å²) < 4.78 is 17.7. The molecule has 2 aromatic rings. The number of carbonyl (C=O) groups excluding carboxylic acids is 1. The van der Waals surface area contributed by atoms with E-state index in [1.807, 2.05) is 33.8 Å². The number of ether oxygens (including phenoxy) is 3. The normalized spacial score (nSPS) is 14.7. The number of benzene rings is 2. The first-order valence-corrected chi connectivity index (χ1v) is 10.9. The Bertz CT molecular complexity index is 1120. The molecule has 0 saturated carbocycles. The summed E-state index contributed by atoms with van der Waals surface area (Å²) in [5.74, 6) is 0.755. The van der Waals surface area contributed by atoms with E-state index in [9.17, 15) is 15.0 Å². The summed E-state index contributed by atoms with van der Waals surface area (Å²) in [5, 5.41) is 20.1. The van der Waals surface area contributed by atoms with E-state index < -0.39 is 6.10 Å². The zero-order valence-corrected chi connectivity index (χ0v) is 20.1. The quantitative estimate of drug-likeness (QED) is 0.514. The summed E-state index contributed by atoms with van der Waals surface area (Å²) in [4.78, 5) is 13.0. The van der Waals surface area contributed by atoms with Crippen molar-refractivity contribution in [3.05, 3.63) is 63.8 Å². The molecular weight excluding hydrogens is 420 g/mol. The van der Waals surface area contributed by atoms with Crippen molar-refractivity contribution in [1.82, 2.24) is 0 Å². The van der Waals surface area contributed by atoms with Gasteiger partial charge in [0, 0.05) is 28.8 Å². The van der Waals surface area contributed by atoms with Crippen molar-refractivity contribution < 1.29 is 29.2 Å². The highest BCUT2D eigenvalue weighted by atomic mass is 16.5. The molecule has 0 bridgehead atoms. The van der Waals surface area contributed by atoms with Gasteiger partial charge in [-0.05, 0) is 46.6 Å². The minimum atomic E-state index is -0.600. The Balaban J connectivity index is 2.21. The summed E-state index contributed by atoms with van der Waals surface area (Å²) in [6, 6.07) is 4.52. The molecule has 0 aromatic heterocycles. The zero-order valence-electron chi connectivity index (χ0n) is 20.1. The summed E-state index contributed by atoms with van der Waals surface area (Å²) in [5.41, 5.74) is 5.05. The van der Waals surface area contributed by atoms with Crippen molar-refractivity contribution in [1.29, 1.82) is 0 Å². The first kappa shape index (κ1) is 24.2. The lowest BCUT2D eigenvalue weighted by Gasteiger charge is -2.29. The SMILES string of the molecule is COc1c(CC=C(C)C)cc(C2CC(=O)c3c(O)cc(O)cc3O2)c(CC=C(C)C)c1OC. The smallest absolute Gasteiger partial charge is 0.174 e. The summed E-state index contributed by atoms with van der Waals surface area (Å²) in [6.07, 6.45) is 4.87. The Morgan fingerprint density at radius 1 is 1.00 bits per heavy atom. The molecule has 1 heterocycles. The van der Waals surface area contributed by atoms with Crippen LogP contribution in [0, 0.1) is 0 Å². The number of rotatable bonds is 7. The van der Waals surface area contributed by atoms with E-state index in [0.717, 1.165) is 28.3 Å². The summed E-state index contributed by atoms with van der Waals surface area (Å²) >= 11 is 0. The molecule has 6 nitrogen and oxygen atoms in total. The lowest BCUT2D eigenvalue weighted by atomic mass is 9.88. The van der Waals surface area contributed by atoms with Gasteiger partial charge in [-0.15, -0.1) is 0 Å². The van der Waals surface area contributed by atoms with Gasteiger partial charge in [0.1, 0.15) is 28.9 Å². The number of Topliss-reactive ketones (excluding diaryl/α,β-unsaturated/α-hetero) is 1. The predicted molar refractivity (Wildman–Crippen MR) is 128 cm³/mol. The van der Waals surface area contributed by atoms with Crippen molar-refractivity contribution in [2.45, 2.75) is 53.1 Å². The number of phenols is 2. The molecule has 0 spiro atoms. The molecular formula is C27H32O6. The number of fused-ring (bicyclic) bond motifs is 1. The first-order valence-electron chi connectivity index (χ1n) is 10.9. The van der Waals surface area contributed by atoms with Gasteiger partial charge in [-0.25, -0.2) is 0 Å². The average Bonchev–Trinajstić information content (AvgIpc) is 2.74. The molecule has 0 saturated heterocycles. The van der Waals surface area contributed by atoms with Gasteiger partial charge >= 0.3 is 0 Å². The van der Waals surface area contributed by atoms with Gasteiger partial charge in [-0.3, -0.25) is 4.79 Å². The maximum atomic E-state index is 13.0. The minimum absolute atomic E-state index is 0.0602. The van der Waals surface area contributed by atoms with E-state index in [1.54, 1.807) is 14.2 Å². The number of hydrogen-bond acceptors (Lipinski definition) is 6. The van der Waals surface area contributed by atoms with Gasteiger partial charge < -0.3 is 24.4 Å². The molecule has 3 rings (SSSR count). The maximum Gasteiger partial charge on any atom is 0.174 e. The van der Waals surface area contributed by atoms with Crippen molar-refractivity contribution in [3.63, 3.8) is 0 Å². The molecule has 1 aliphatic heterocycles. The highest BCUT2D eigenvalue weighted by molar-refractivity contribution is 6.02. The van der Waals surface area contributed by atoms with Gasteiger partial charge in [0.25, 0.3) is 0 Å². The van der Waals surface area contributed by atoms with Gasteiger partial charge in [0.2, 0.25) is 0 Å². The van der Waals surface area contributed by atoms with Crippen molar-refractivity contribution >= 4 is 5.78 Å². The molecule has 1 atom stereocenters. The van der Waals surface area contributed by atoms with Crippen molar-refractivity contribution in [2.75, 3.05) is 14.2 Å². The third kappa shape index (κ3) is 5.16. The van der Waals surface area contributed by atoms with Crippen LogP contribution in [-0.4, -0.2) is 30.2 Å². The highest BCUT2D eigenvalue weighted by Crippen LogP contribution is 2.46. The fourth-order valence-corrected chi connectivity index (χ4v) is 4.06. The van der Waals surface area contributed by atoms with Crippen LogP contribution in [0.3, 0.4) is 0 Å². The second-order valence-electron chi connectivity index (χ2n) is 8.71. The maximum absolute atomic E-state index is 13.0. The number of methoxy groups -OCH3 is 2. The van der Waals surface area contributed by atoms with E-state index in [0.29, 0.717) is 24.3 Å². The van der Waals surface area contributed by atoms with Gasteiger partial charge in [0.05, 0.1) is 20.6 Å². The molecule has 0 aliphatic carbocycles. The van der Waals surface area contributed by atoms with Gasteiger partial charge in [-0.2, -0.15) is 0 Å². The Labute approximate surface area is 195 Å². The Morgan fingerprint density at radius 3 is 2.24 bits per heavy atom. The predicted octanol–water partition coefficient (Wildman–Crippen LogP) is 5.84.